The number of hydrogen-bond acceptors (Lipinski definition) is 2. The zero-order valence-electron chi connectivity index (χ0n) is 18.8. The summed E-state index contributed by atoms with van der Waals surface area (Å²) in [5.41, 5.74) is 0. The molecule has 0 aromatic rings. The first-order valence-corrected chi connectivity index (χ1v) is 12.2. The zero-order chi connectivity index (χ0) is 18.8. The van der Waals surface area contributed by atoms with E-state index < -0.39 is 7.82 Å². The zero-order valence-corrected chi connectivity index (χ0v) is 21.8. The molecule has 0 amide bonds. The SMILES string of the molecule is CCCCCCCCCCC(CCCCCCCC)COP(=O)(O)O.[H-].[K+]. The minimum Gasteiger partial charge on any atom is -1.00 e. The Morgan fingerprint density at radius 2 is 1.08 bits per heavy atom. The third-order valence-electron chi connectivity index (χ3n) is 4.91. The third kappa shape index (κ3) is 23.8. The molecule has 154 valence electrons. The fourth-order valence-electron chi connectivity index (χ4n) is 3.29. The minimum atomic E-state index is -4.33. The van der Waals surface area contributed by atoms with Crippen LogP contribution in [-0.2, 0) is 9.09 Å². The predicted octanol–water partition coefficient (Wildman–Crippen LogP) is 4.11. The molecule has 1 atom stereocenters. The van der Waals surface area contributed by atoms with Crippen molar-refractivity contribution in [3.8, 4) is 0 Å². The molecule has 0 heterocycles. The van der Waals surface area contributed by atoms with Gasteiger partial charge in [0.15, 0.2) is 0 Å². The van der Waals surface area contributed by atoms with Gasteiger partial charge in [0.2, 0.25) is 0 Å². The molecule has 0 aliphatic heterocycles. The molecule has 0 aliphatic rings. The minimum absolute atomic E-state index is 0. The van der Waals surface area contributed by atoms with Gasteiger partial charge in [-0.2, -0.15) is 0 Å². The Morgan fingerprint density at radius 3 is 1.42 bits per heavy atom. The molecule has 0 aliphatic carbocycles. The van der Waals surface area contributed by atoms with Crippen molar-refractivity contribution < 1.29 is 71.7 Å². The van der Waals surface area contributed by atoms with Gasteiger partial charge in [-0.25, -0.2) is 4.57 Å². The van der Waals surface area contributed by atoms with E-state index in [1.165, 1.54) is 77.0 Å². The van der Waals surface area contributed by atoms with Crippen molar-refractivity contribution in [2.75, 3.05) is 6.61 Å². The smallest absolute Gasteiger partial charge is 1.00 e. The first kappa shape index (κ1) is 29.9. The second kappa shape index (κ2) is 21.5. The van der Waals surface area contributed by atoms with Crippen LogP contribution in [0.1, 0.15) is 118 Å². The van der Waals surface area contributed by atoms with Gasteiger partial charge >= 0.3 is 59.2 Å². The van der Waals surface area contributed by atoms with Crippen molar-refractivity contribution in [3.05, 3.63) is 0 Å². The van der Waals surface area contributed by atoms with E-state index in [2.05, 4.69) is 13.8 Å². The van der Waals surface area contributed by atoms with Gasteiger partial charge in [-0.15, -0.1) is 0 Å². The summed E-state index contributed by atoms with van der Waals surface area (Å²) in [5.74, 6) is 0.291. The molecule has 0 saturated heterocycles. The van der Waals surface area contributed by atoms with E-state index in [-0.39, 0.29) is 59.4 Å². The van der Waals surface area contributed by atoms with Gasteiger partial charge in [0.25, 0.3) is 0 Å². The van der Waals surface area contributed by atoms with Crippen LogP contribution in [0.3, 0.4) is 0 Å². The van der Waals surface area contributed by atoms with E-state index in [0.717, 1.165) is 25.7 Å². The molecule has 26 heavy (non-hydrogen) atoms. The molecule has 0 bridgehead atoms. The second-order valence-electron chi connectivity index (χ2n) is 7.47. The quantitative estimate of drug-likeness (QED) is 0.188. The van der Waals surface area contributed by atoms with E-state index in [4.69, 9.17) is 14.3 Å². The van der Waals surface area contributed by atoms with Crippen molar-refractivity contribution in [3.63, 3.8) is 0 Å². The molecule has 4 nitrogen and oxygen atoms in total. The Bertz CT molecular complexity index is 329. The molecular formula is C20H44KO4P. The molecule has 0 fully saturated rings. The van der Waals surface area contributed by atoms with Crippen LogP contribution in [0.15, 0.2) is 0 Å². The summed E-state index contributed by atoms with van der Waals surface area (Å²) < 4.78 is 15.7. The maximum absolute atomic E-state index is 11.0. The Hall–Kier alpha value is 1.75. The summed E-state index contributed by atoms with van der Waals surface area (Å²) in [6.45, 7) is 4.67. The predicted molar refractivity (Wildman–Crippen MR) is 108 cm³/mol. The van der Waals surface area contributed by atoms with Crippen LogP contribution in [0.25, 0.3) is 0 Å². The Labute approximate surface area is 206 Å². The fraction of sp³-hybridized carbons (Fsp3) is 1.00. The second-order valence-corrected chi connectivity index (χ2v) is 8.71. The summed E-state index contributed by atoms with van der Waals surface area (Å²) in [4.78, 5) is 17.9. The summed E-state index contributed by atoms with van der Waals surface area (Å²) in [5, 5.41) is 0. The Kier molecular flexibility index (Phi) is 24.7. The maximum atomic E-state index is 11.0. The molecule has 0 saturated carbocycles. The van der Waals surface area contributed by atoms with Crippen LogP contribution >= 0.6 is 7.82 Å². The molecule has 0 radical (unpaired) electrons. The van der Waals surface area contributed by atoms with Crippen LogP contribution < -0.4 is 51.4 Å². The van der Waals surface area contributed by atoms with Crippen LogP contribution in [-0.4, -0.2) is 16.4 Å². The van der Waals surface area contributed by atoms with E-state index in [1.54, 1.807) is 0 Å². The number of phosphoric acid groups is 1. The van der Waals surface area contributed by atoms with E-state index in [9.17, 15) is 4.57 Å². The van der Waals surface area contributed by atoms with E-state index >= 15 is 0 Å². The third-order valence-corrected chi connectivity index (χ3v) is 5.40. The largest absolute Gasteiger partial charge is 1.00 e. The van der Waals surface area contributed by atoms with Gasteiger partial charge < -0.3 is 11.2 Å². The van der Waals surface area contributed by atoms with Crippen LogP contribution in [0, 0.1) is 5.92 Å². The molecule has 0 spiro atoms. The Balaban J connectivity index is -0.00000288. The van der Waals surface area contributed by atoms with Crippen LogP contribution in [0.2, 0.25) is 0 Å². The first-order chi connectivity index (χ1) is 12.0. The van der Waals surface area contributed by atoms with Gasteiger partial charge in [-0.1, -0.05) is 104 Å². The average molecular weight is 419 g/mol. The number of rotatable bonds is 19. The molecule has 2 N–H and O–H groups in total. The number of unbranched alkanes of at least 4 members (excludes halogenated alkanes) is 12. The van der Waals surface area contributed by atoms with E-state index in [1.807, 2.05) is 0 Å². The normalized spacial score (nSPS) is 12.8. The Morgan fingerprint density at radius 1 is 0.731 bits per heavy atom. The van der Waals surface area contributed by atoms with Gasteiger partial charge in [0, 0.05) is 0 Å². The van der Waals surface area contributed by atoms with Gasteiger partial charge in [0.05, 0.1) is 6.61 Å². The molecule has 6 heteroatoms. The number of phosphoric ester groups is 1. The van der Waals surface area contributed by atoms with Crippen molar-refractivity contribution in [2.45, 2.75) is 117 Å². The summed E-state index contributed by atoms with van der Waals surface area (Å²) in [6, 6.07) is 0. The standard InChI is InChI=1S/C20H43O4P.K.H/c1-3-5-7-9-11-12-14-16-18-20(19-24-25(21,22)23)17-15-13-10-8-6-4-2;;/h20H,3-19H2,1-2H3,(H2,21,22,23);;/q;+1;-1. The van der Waals surface area contributed by atoms with Crippen LogP contribution in [0.5, 0.6) is 0 Å². The molecular weight excluding hydrogens is 374 g/mol. The summed E-state index contributed by atoms with van der Waals surface area (Å²) in [7, 11) is -4.33. The fourth-order valence-corrected chi connectivity index (χ4v) is 3.70. The van der Waals surface area contributed by atoms with Crippen molar-refractivity contribution in [1.82, 2.24) is 0 Å². The first-order valence-electron chi connectivity index (χ1n) is 10.7. The molecule has 0 aromatic carbocycles. The van der Waals surface area contributed by atoms with Gasteiger partial charge in [-0.05, 0) is 18.8 Å². The van der Waals surface area contributed by atoms with Gasteiger partial charge in [-0.3, -0.25) is 4.52 Å². The number of hydrogen-bond donors (Lipinski definition) is 2. The van der Waals surface area contributed by atoms with Crippen molar-refractivity contribution in [1.29, 1.82) is 0 Å². The van der Waals surface area contributed by atoms with Crippen LogP contribution in [0.4, 0.5) is 0 Å². The van der Waals surface area contributed by atoms with Gasteiger partial charge in [0.1, 0.15) is 0 Å². The summed E-state index contributed by atoms with van der Waals surface area (Å²) >= 11 is 0. The average Bonchev–Trinajstić information content (AvgIpc) is 2.56. The molecule has 0 aromatic heterocycles. The maximum Gasteiger partial charge on any atom is 1.00 e. The monoisotopic (exact) mass is 418 g/mol. The molecule has 0 rings (SSSR count). The molecule has 1 unspecified atom stereocenters. The topological polar surface area (TPSA) is 66.8 Å². The van der Waals surface area contributed by atoms with Crippen molar-refractivity contribution >= 4 is 7.82 Å². The summed E-state index contributed by atoms with van der Waals surface area (Å²) in [6.07, 6.45) is 19.9. The van der Waals surface area contributed by atoms with Crippen molar-refractivity contribution in [2.24, 2.45) is 5.92 Å². The van der Waals surface area contributed by atoms with E-state index in [0.29, 0.717) is 5.92 Å².